The normalized spacial score (nSPS) is 20.8. The van der Waals surface area contributed by atoms with Crippen LogP contribution in [0.5, 0.6) is 0 Å². The van der Waals surface area contributed by atoms with E-state index in [1.807, 2.05) is 6.92 Å². The molecule has 2 aromatic rings. The second-order valence-corrected chi connectivity index (χ2v) is 7.18. The molecule has 1 saturated heterocycles. The molecule has 4 rings (SSSR count). The van der Waals surface area contributed by atoms with E-state index in [0.29, 0.717) is 19.6 Å². The monoisotopic (exact) mass is 403 g/mol. The second kappa shape index (κ2) is 7.40. The average molecular weight is 403 g/mol. The maximum atomic E-state index is 13.7. The van der Waals surface area contributed by atoms with Crippen LogP contribution in [0.15, 0.2) is 35.3 Å². The average Bonchev–Trinajstić information content (AvgIpc) is 2.67. The number of amides is 2. The van der Waals surface area contributed by atoms with Crippen molar-refractivity contribution in [1.29, 1.82) is 0 Å². The fraction of sp³-hybridized carbons (Fsp3) is 0.350. The Hall–Kier alpha value is -3.07. The van der Waals surface area contributed by atoms with Gasteiger partial charge >= 0.3 is 0 Å². The number of hydrogen-bond acceptors (Lipinski definition) is 4. The summed E-state index contributed by atoms with van der Waals surface area (Å²) in [5.41, 5.74) is -0.481. The van der Waals surface area contributed by atoms with Crippen LogP contribution in [-0.4, -0.2) is 40.2 Å². The van der Waals surface area contributed by atoms with Gasteiger partial charge in [0.1, 0.15) is 22.9 Å². The van der Waals surface area contributed by atoms with Crippen molar-refractivity contribution in [2.24, 2.45) is 0 Å². The summed E-state index contributed by atoms with van der Waals surface area (Å²) in [6.45, 7) is 2.56. The summed E-state index contributed by atoms with van der Waals surface area (Å²) in [7, 11) is 0. The Balaban J connectivity index is 1.57. The minimum atomic E-state index is -0.790. The van der Waals surface area contributed by atoms with Crippen molar-refractivity contribution in [2.75, 3.05) is 6.61 Å². The van der Waals surface area contributed by atoms with E-state index in [1.165, 1.54) is 16.8 Å². The van der Waals surface area contributed by atoms with Crippen molar-refractivity contribution < 1.29 is 23.1 Å². The molecule has 2 aliphatic heterocycles. The molecule has 1 N–H and O–H groups in total. The lowest BCUT2D eigenvalue weighted by atomic mass is 10.1. The van der Waals surface area contributed by atoms with Gasteiger partial charge in [-0.1, -0.05) is 6.07 Å². The van der Waals surface area contributed by atoms with E-state index in [2.05, 4.69) is 5.32 Å². The first-order valence-electron chi connectivity index (χ1n) is 9.26. The molecular formula is C20H19F2N3O4. The molecule has 0 bridgehead atoms. The van der Waals surface area contributed by atoms with E-state index in [9.17, 15) is 23.2 Å². The Morgan fingerprint density at radius 3 is 2.83 bits per heavy atom. The number of rotatable bonds is 3. The Bertz CT molecular complexity index is 1050. The van der Waals surface area contributed by atoms with Crippen LogP contribution in [-0.2, 0) is 17.8 Å². The van der Waals surface area contributed by atoms with Gasteiger partial charge in [-0.15, -0.1) is 0 Å². The van der Waals surface area contributed by atoms with E-state index < -0.39 is 29.2 Å². The van der Waals surface area contributed by atoms with Crippen LogP contribution in [0.2, 0.25) is 0 Å². The third-order valence-electron chi connectivity index (χ3n) is 5.26. The van der Waals surface area contributed by atoms with Crippen LogP contribution in [0.25, 0.3) is 0 Å². The van der Waals surface area contributed by atoms with Crippen molar-refractivity contribution in [3.63, 3.8) is 0 Å². The Labute approximate surface area is 164 Å². The number of fused-ring (bicyclic) bond motifs is 2. The van der Waals surface area contributed by atoms with Crippen LogP contribution < -0.4 is 10.7 Å². The summed E-state index contributed by atoms with van der Waals surface area (Å²) in [5, 5.41) is 2.46. The Morgan fingerprint density at radius 2 is 2.07 bits per heavy atom. The predicted molar refractivity (Wildman–Crippen MR) is 98.2 cm³/mol. The van der Waals surface area contributed by atoms with Crippen molar-refractivity contribution in [3.05, 3.63) is 69.1 Å². The smallest absolute Gasteiger partial charge is 0.272 e. The van der Waals surface area contributed by atoms with E-state index in [1.54, 1.807) is 4.90 Å². The Kier molecular flexibility index (Phi) is 4.91. The van der Waals surface area contributed by atoms with Gasteiger partial charge in [-0.3, -0.25) is 14.4 Å². The van der Waals surface area contributed by atoms with Crippen LogP contribution in [0.4, 0.5) is 8.78 Å². The van der Waals surface area contributed by atoms with Crippen LogP contribution in [0.3, 0.4) is 0 Å². The molecule has 7 nitrogen and oxygen atoms in total. The number of nitrogens with one attached hydrogen (secondary N) is 1. The summed E-state index contributed by atoms with van der Waals surface area (Å²) in [5.74, 6) is -2.53. The highest BCUT2D eigenvalue weighted by atomic mass is 19.1. The lowest BCUT2D eigenvalue weighted by Crippen LogP contribution is -2.57. The number of carbonyl (C=O) groups excluding carboxylic acids is 2. The van der Waals surface area contributed by atoms with Gasteiger partial charge in [0.05, 0.1) is 13.2 Å². The SMILES string of the molecule is CC1CCOC2Cn3cc(C(=O)NCc4ccc(F)cc4F)c(=O)cc3C(=O)N12. The molecule has 0 radical (unpaired) electrons. The van der Waals surface area contributed by atoms with Gasteiger partial charge in [0.15, 0.2) is 11.7 Å². The third kappa shape index (κ3) is 3.53. The number of benzene rings is 1. The summed E-state index contributed by atoms with van der Waals surface area (Å²) in [4.78, 5) is 39.3. The van der Waals surface area contributed by atoms with E-state index in [4.69, 9.17) is 4.74 Å². The molecule has 2 atom stereocenters. The van der Waals surface area contributed by atoms with Gasteiger partial charge in [0.25, 0.3) is 11.8 Å². The maximum Gasteiger partial charge on any atom is 0.272 e. The number of ether oxygens (including phenoxy) is 1. The molecule has 1 aromatic carbocycles. The first kappa shape index (κ1) is 19.3. The number of halogens is 2. The molecular weight excluding hydrogens is 384 g/mol. The number of carbonyl (C=O) groups is 2. The van der Waals surface area contributed by atoms with E-state index in [0.717, 1.165) is 18.2 Å². The van der Waals surface area contributed by atoms with Crippen molar-refractivity contribution in [1.82, 2.24) is 14.8 Å². The predicted octanol–water partition coefficient (Wildman–Crippen LogP) is 1.65. The molecule has 2 aliphatic rings. The minimum Gasteiger partial charge on any atom is -0.356 e. The van der Waals surface area contributed by atoms with Gasteiger partial charge in [0, 0.05) is 36.5 Å². The molecule has 0 aliphatic carbocycles. The van der Waals surface area contributed by atoms with Crippen molar-refractivity contribution >= 4 is 11.8 Å². The number of aromatic nitrogens is 1. The largest absolute Gasteiger partial charge is 0.356 e. The van der Waals surface area contributed by atoms with Gasteiger partial charge in [-0.05, 0) is 19.4 Å². The first-order chi connectivity index (χ1) is 13.8. The van der Waals surface area contributed by atoms with Crippen LogP contribution in [0.1, 0.15) is 39.8 Å². The highest BCUT2D eigenvalue weighted by molar-refractivity contribution is 5.97. The van der Waals surface area contributed by atoms with Crippen LogP contribution >= 0.6 is 0 Å². The van der Waals surface area contributed by atoms with Crippen molar-refractivity contribution in [3.8, 4) is 0 Å². The molecule has 29 heavy (non-hydrogen) atoms. The summed E-state index contributed by atoms with van der Waals surface area (Å²) in [6, 6.07) is 4.17. The van der Waals surface area contributed by atoms with Gasteiger partial charge < -0.3 is 19.5 Å². The number of nitrogens with zero attached hydrogens (tertiary/aromatic N) is 2. The second-order valence-electron chi connectivity index (χ2n) is 7.18. The maximum absolute atomic E-state index is 13.7. The molecule has 152 valence electrons. The highest BCUT2D eigenvalue weighted by Crippen LogP contribution is 2.25. The third-order valence-corrected chi connectivity index (χ3v) is 5.26. The van der Waals surface area contributed by atoms with Gasteiger partial charge in [-0.25, -0.2) is 8.78 Å². The molecule has 0 saturated carbocycles. The van der Waals surface area contributed by atoms with E-state index >= 15 is 0 Å². The lowest BCUT2D eigenvalue weighted by molar-refractivity contribution is -0.112. The molecule has 1 fully saturated rings. The van der Waals surface area contributed by atoms with Gasteiger partial charge in [0.2, 0.25) is 0 Å². The summed E-state index contributed by atoms with van der Waals surface area (Å²) < 4.78 is 33.9. The molecule has 9 heteroatoms. The quantitative estimate of drug-likeness (QED) is 0.845. The molecule has 1 aromatic heterocycles. The molecule has 2 unspecified atom stereocenters. The fourth-order valence-electron chi connectivity index (χ4n) is 3.67. The first-order valence-corrected chi connectivity index (χ1v) is 9.26. The highest BCUT2D eigenvalue weighted by Gasteiger charge is 2.38. The molecule has 2 amide bonds. The standard InChI is InChI=1S/C20H19F2N3O4/c1-11-4-5-29-18-10-24-9-14(17(26)7-16(24)20(28)25(11)18)19(27)23-8-12-2-3-13(21)6-15(12)22/h2-3,6-7,9,11,18H,4-5,8,10H2,1H3,(H,23,27). The molecule has 3 heterocycles. The fourth-order valence-corrected chi connectivity index (χ4v) is 3.67. The van der Waals surface area contributed by atoms with E-state index in [-0.39, 0.29) is 35.3 Å². The summed E-state index contributed by atoms with van der Waals surface area (Å²) >= 11 is 0. The van der Waals surface area contributed by atoms with Gasteiger partial charge in [-0.2, -0.15) is 0 Å². The van der Waals surface area contributed by atoms with Crippen molar-refractivity contribution in [2.45, 2.75) is 38.7 Å². The van der Waals surface area contributed by atoms with Crippen LogP contribution in [0, 0.1) is 11.6 Å². The zero-order valence-electron chi connectivity index (χ0n) is 15.7. The zero-order valence-corrected chi connectivity index (χ0v) is 15.7. The zero-order chi connectivity index (χ0) is 20.7. The summed E-state index contributed by atoms with van der Waals surface area (Å²) in [6.07, 6.45) is 1.59. The lowest BCUT2D eigenvalue weighted by Gasteiger charge is -2.44. The number of hydrogen-bond donors (Lipinski definition) is 1. The molecule has 0 spiro atoms. The minimum absolute atomic E-state index is 0.00122. The topological polar surface area (TPSA) is 80.6 Å². The number of pyridine rings is 1. The Morgan fingerprint density at radius 1 is 1.28 bits per heavy atom.